The molecule has 0 bridgehead atoms. The molecule has 2 N–H and O–H groups in total. The van der Waals surface area contributed by atoms with Crippen molar-refractivity contribution in [2.45, 2.75) is 13.5 Å². The third-order valence-corrected chi connectivity index (χ3v) is 4.23. The number of para-hydroxylation sites is 1. The minimum Gasteiger partial charge on any atom is -0.467 e. The summed E-state index contributed by atoms with van der Waals surface area (Å²) in [6, 6.07) is 15.8. The quantitative estimate of drug-likeness (QED) is 0.566. The first kappa shape index (κ1) is 19.5. The predicted octanol–water partition coefficient (Wildman–Crippen LogP) is 4.65. The standard InChI is InChI=1S/C21H19ClN2O4/c1-14-8-9-19(17(22)11-14)24-20(25)13-28-21(26)16-6-2-3-7-18(16)23-12-15-5-4-10-27-15/h2-11,23H,12-13H2,1H3,(H,24,25). The van der Waals surface area contributed by atoms with E-state index in [9.17, 15) is 9.59 Å². The summed E-state index contributed by atoms with van der Waals surface area (Å²) in [5.74, 6) is -0.342. The Balaban J connectivity index is 1.57. The molecule has 0 spiro atoms. The molecule has 0 radical (unpaired) electrons. The predicted molar refractivity (Wildman–Crippen MR) is 108 cm³/mol. The summed E-state index contributed by atoms with van der Waals surface area (Å²) in [5.41, 5.74) is 2.36. The van der Waals surface area contributed by atoms with Gasteiger partial charge in [0.05, 0.1) is 29.1 Å². The van der Waals surface area contributed by atoms with Crippen molar-refractivity contribution in [1.29, 1.82) is 0 Å². The monoisotopic (exact) mass is 398 g/mol. The minimum atomic E-state index is -0.604. The van der Waals surface area contributed by atoms with Gasteiger partial charge in [-0.1, -0.05) is 29.8 Å². The van der Waals surface area contributed by atoms with Gasteiger partial charge in [0.1, 0.15) is 5.76 Å². The molecule has 0 unspecified atom stereocenters. The fourth-order valence-corrected chi connectivity index (χ4v) is 2.81. The zero-order valence-electron chi connectivity index (χ0n) is 15.2. The molecule has 0 atom stereocenters. The second-order valence-corrected chi connectivity index (χ2v) is 6.49. The number of carbonyl (C=O) groups excluding carboxylic acids is 2. The molecular formula is C21H19ClN2O4. The number of hydrogen-bond acceptors (Lipinski definition) is 5. The van der Waals surface area contributed by atoms with E-state index in [0.29, 0.717) is 28.5 Å². The number of hydrogen-bond donors (Lipinski definition) is 2. The number of rotatable bonds is 7. The van der Waals surface area contributed by atoms with E-state index in [-0.39, 0.29) is 0 Å². The van der Waals surface area contributed by atoms with Crippen LogP contribution in [0.15, 0.2) is 65.3 Å². The summed E-state index contributed by atoms with van der Waals surface area (Å²) in [7, 11) is 0. The number of benzene rings is 2. The molecule has 1 aromatic heterocycles. The molecule has 3 rings (SSSR count). The highest BCUT2D eigenvalue weighted by molar-refractivity contribution is 6.33. The average molecular weight is 399 g/mol. The van der Waals surface area contributed by atoms with E-state index in [4.69, 9.17) is 20.8 Å². The van der Waals surface area contributed by atoms with Crippen molar-refractivity contribution in [3.05, 3.63) is 82.8 Å². The van der Waals surface area contributed by atoms with Crippen LogP contribution in [0.4, 0.5) is 11.4 Å². The lowest BCUT2D eigenvalue weighted by molar-refractivity contribution is -0.119. The minimum absolute atomic E-state index is 0.329. The van der Waals surface area contributed by atoms with Gasteiger partial charge in [-0.25, -0.2) is 4.79 Å². The van der Waals surface area contributed by atoms with Crippen LogP contribution in [0.1, 0.15) is 21.7 Å². The maximum atomic E-state index is 12.4. The summed E-state index contributed by atoms with van der Waals surface area (Å²) < 4.78 is 10.4. The van der Waals surface area contributed by atoms with Crippen molar-refractivity contribution in [2.24, 2.45) is 0 Å². The highest BCUT2D eigenvalue weighted by Gasteiger charge is 2.15. The van der Waals surface area contributed by atoms with Crippen LogP contribution in [0.2, 0.25) is 5.02 Å². The third-order valence-electron chi connectivity index (χ3n) is 3.91. The highest BCUT2D eigenvalue weighted by atomic mass is 35.5. The van der Waals surface area contributed by atoms with Crippen molar-refractivity contribution >= 4 is 34.9 Å². The number of nitrogens with one attached hydrogen (secondary N) is 2. The van der Waals surface area contributed by atoms with Crippen molar-refractivity contribution in [3.8, 4) is 0 Å². The maximum absolute atomic E-state index is 12.4. The van der Waals surface area contributed by atoms with Crippen LogP contribution in [0.25, 0.3) is 0 Å². The van der Waals surface area contributed by atoms with Crippen molar-refractivity contribution in [2.75, 3.05) is 17.2 Å². The van der Waals surface area contributed by atoms with Gasteiger partial charge in [0.15, 0.2) is 6.61 Å². The molecule has 0 saturated heterocycles. The number of anilines is 2. The molecule has 2 aromatic carbocycles. The smallest absolute Gasteiger partial charge is 0.340 e. The van der Waals surface area contributed by atoms with E-state index in [1.165, 1.54) is 0 Å². The molecule has 3 aromatic rings. The molecule has 7 heteroatoms. The van der Waals surface area contributed by atoms with E-state index >= 15 is 0 Å². The van der Waals surface area contributed by atoms with Gasteiger partial charge in [0.25, 0.3) is 5.91 Å². The first-order valence-electron chi connectivity index (χ1n) is 8.61. The Hall–Kier alpha value is -3.25. The Morgan fingerprint density at radius 1 is 1.07 bits per heavy atom. The van der Waals surface area contributed by atoms with E-state index in [2.05, 4.69) is 10.6 Å². The van der Waals surface area contributed by atoms with Gasteiger partial charge in [-0.3, -0.25) is 4.79 Å². The summed E-state index contributed by atoms with van der Waals surface area (Å²) in [4.78, 5) is 24.5. The van der Waals surface area contributed by atoms with Gasteiger partial charge in [-0.2, -0.15) is 0 Å². The van der Waals surface area contributed by atoms with Crippen LogP contribution in [-0.2, 0) is 16.1 Å². The average Bonchev–Trinajstić information content (AvgIpc) is 3.20. The van der Waals surface area contributed by atoms with Crippen molar-refractivity contribution in [1.82, 2.24) is 0 Å². The number of halogens is 1. The lowest BCUT2D eigenvalue weighted by Gasteiger charge is -2.11. The largest absolute Gasteiger partial charge is 0.467 e. The van der Waals surface area contributed by atoms with Gasteiger partial charge in [0.2, 0.25) is 0 Å². The van der Waals surface area contributed by atoms with Crippen LogP contribution in [0, 0.1) is 6.92 Å². The fourth-order valence-electron chi connectivity index (χ4n) is 2.53. The number of furan rings is 1. The number of carbonyl (C=O) groups is 2. The topological polar surface area (TPSA) is 80.6 Å². The lowest BCUT2D eigenvalue weighted by Crippen LogP contribution is -2.21. The van der Waals surface area contributed by atoms with Gasteiger partial charge in [0, 0.05) is 5.69 Å². The van der Waals surface area contributed by atoms with Crippen LogP contribution in [-0.4, -0.2) is 18.5 Å². The summed E-state index contributed by atoms with van der Waals surface area (Å²) in [5, 5.41) is 6.17. The van der Waals surface area contributed by atoms with E-state index in [0.717, 1.165) is 11.3 Å². The molecular weight excluding hydrogens is 380 g/mol. The third kappa shape index (κ3) is 5.14. The van der Waals surface area contributed by atoms with E-state index < -0.39 is 18.5 Å². The molecule has 6 nitrogen and oxygen atoms in total. The Morgan fingerprint density at radius 2 is 1.89 bits per heavy atom. The SMILES string of the molecule is Cc1ccc(NC(=O)COC(=O)c2ccccc2NCc2ccco2)c(Cl)c1. The number of ether oxygens (including phenoxy) is 1. The molecule has 0 aliphatic carbocycles. The molecule has 28 heavy (non-hydrogen) atoms. The van der Waals surface area contributed by atoms with Gasteiger partial charge in [-0.15, -0.1) is 0 Å². The lowest BCUT2D eigenvalue weighted by atomic mass is 10.2. The second kappa shape index (κ2) is 9.10. The summed E-state index contributed by atoms with van der Waals surface area (Å²) in [6.07, 6.45) is 1.58. The number of aryl methyl sites for hydroxylation is 1. The molecule has 0 fully saturated rings. The number of esters is 1. The molecule has 0 saturated carbocycles. The van der Waals surface area contributed by atoms with Crippen LogP contribution in [0.3, 0.4) is 0 Å². The second-order valence-electron chi connectivity index (χ2n) is 6.09. The van der Waals surface area contributed by atoms with Gasteiger partial charge in [-0.05, 0) is 48.9 Å². The van der Waals surface area contributed by atoms with Gasteiger partial charge >= 0.3 is 5.97 Å². The van der Waals surface area contributed by atoms with Crippen LogP contribution in [0.5, 0.6) is 0 Å². The molecule has 1 amide bonds. The summed E-state index contributed by atoms with van der Waals surface area (Å²) >= 11 is 6.09. The highest BCUT2D eigenvalue weighted by Crippen LogP contribution is 2.22. The Labute approximate surface area is 167 Å². The van der Waals surface area contributed by atoms with E-state index in [1.54, 1.807) is 48.7 Å². The Bertz CT molecular complexity index is 970. The molecule has 144 valence electrons. The molecule has 1 heterocycles. The van der Waals surface area contributed by atoms with Crippen LogP contribution >= 0.6 is 11.6 Å². The molecule has 0 aliphatic heterocycles. The van der Waals surface area contributed by atoms with Crippen molar-refractivity contribution in [3.63, 3.8) is 0 Å². The Morgan fingerprint density at radius 3 is 2.64 bits per heavy atom. The zero-order valence-corrected chi connectivity index (χ0v) is 16.0. The first-order valence-corrected chi connectivity index (χ1v) is 8.99. The maximum Gasteiger partial charge on any atom is 0.340 e. The van der Waals surface area contributed by atoms with Gasteiger partial charge < -0.3 is 19.8 Å². The first-order chi connectivity index (χ1) is 13.5. The van der Waals surface area contributed by atoms with Crippen molar-refractivity contribution < 1.29 is 18.7 Å². The van der Waals surface area contributed by atoms with Crippen LogP contribution < -0.4 is 10.6 Å². The number of amides is 1. The van der Waals surface area contributed by atoms with E-state index in [1.807, 2.05) is 19.1 Å². The zero-order chi connectivity index (χ0) is 19.9. The normalized spacial score (nSPS) is 10.4. The fraction of sp³-hybridized carbons (Fsp3) is 0.143. The molecule has 0 aliphatic rings. The Kier molecular flexibility index (Phi) is 6.34. The summed E-state index contributed by atoms with van der Waals surface area (Å²) in [6.45, 7) is 1.90.